The van der Waals surface area contributed by atoms with Crippen molar-refractivity contribution in [2.24, 2.45) is 10.2 Å². The molecule has 186 valence electrons. The van der Waals surface area contributed by atoms with Crippen LogP contribution in [0.25, 0.3) is 0 Å². The number of hydrogen-bond acceptors (Lipinski definition) is 6. The van der Waals surface area contributed by atoms with Crippen LogP contribution in [-0.4, -0.2) is 37.5 Å². The number of amides is 2. The van der Waals surface area contributed by atoms with Crippen LogP contribution in [0, 0.1) is 0 Å². The molecular formula is C28H30N4O4. The molecule has 0 aliphatic carbocycles. The van der Waals surface area contributed by atoms with Crippen LogP contribution in [0.4, 0.5) is 0 Å². The molecule has 0 atom stereocenters. The van der Waals surface area contributed by atoms with Crippen molar-refractivity contribution in [1.82, 2.24) is 10.9 Å². The van der Waals surface area contributed by atoms with Crippen LogP contribution in [0.3, 0.4) is 0 Å². The molecule has 3 aromatic rings. The van der Waals surface area contributed by atoms with Gasteiger partial charge in [0.25, 0.3) is 0 Å². The normalized spacial score (nSPS) is 11.6. The fraction of sp³-hybridized carbons (Fsp3) is 0.214. The lowest BCUT2D eigenvalue weighted by Crippen LogP contribution is -2.21. The van der Waals surface area contributed by atoms with Crippen LogP contribution in [0.15, 0.2) is 83.0 Å². The van der Waals surface area contributed by atoms with E-state index in [9.17, 15) is 9.59 Å². The second-order valence-electron chi connectivity index (χ2n) is 8.09. The van der Waals surface area contributed by atoms with E-state index in [2.05, 4.69) is 21.1 Å². The van der Waals surface area contributed by atoms with E-state index in [4.69, 9.17) is 9.47 Å². The molecule has 36 heavy (non-hydrogen) atoms. The standard InChI is InChI=1S/C28H30N4O4/c1-19(29-31-27(33)17-21-5-13-25(35-3)14-6-21)23-9-11-24(12-10-23)20(2)30-32-28(34)18-22-7-15-26(36-4)16-8-22/h5-16H,17-18H2,1-4H3,(H,31,33)(H,32,34)/b29-19-,30-20+. The average molecular weight is 487 g/mol. The Morgan fingerprint density at radius 2 is 0.944 bits per heavy atom. The van der Waals surface area contributed by atoms with Crippen molar-refractivity contribution < 1.29 is 19.1 Å². The van der Waals surface area contributed by atoms with Gasteiger partial charge in [0.15, 0.2) is 0 Å². The summed E-state index contributed by atoms with van der Waals surface area (Å²) in [5.41, 5.74) is 10.00. The molecule has 0 bridgehead atoms. The van der Waals surface area contributed by atoms with Crippen molar-refractivity contribution in [1.29, 1.82) is 0 Å². The summed E-state index contributed by atoms with van der Waals surface area (Å²) in [7, 11) is 3.20. The molecule has 0 saturated carbocycles. The van der Waals surface area contributed by atoms with Gasteiger partial charge in [-0.2, -0.15) is 10.2 Å². The van der Waals surface area contributed by atoms with Gasteiger partial charge in [0.1, 0.15) is 11.5 Å². The molecule has 0 aliphatic rings. The van der Waals surface area contributed by atoms with Crippen LogP contribution in [0.1, 0.15) is 36.1 Å². The highest BCUT2D eigenvalue weighted by Gasteiger charge is 2.06. The Morgan fingerprint density at radius 3 is 1.25 bits per heavy atom. The largest absolute Gasteiger partial charge is 0.497 e. The first-order valence-electron chi connectivity index (χ1n) is 11.4. The van der Waals surface area contributed by atoms with Gasteiger partial charge in [-0.05, 0) is 60.4 Å². The number of rotatable bonds is 10. The van der Waals surface area contributed by atoms with Crippen molar-refractivity contribution in [3.05, 3.63) is 95.1 Å². The number of ether oxygens (including phenoxy) is 2. The molecule has 8 heteroatoms. The zero-order valence-electron chi connectivity index (χ0n) is 20.9. The first kappa shape index (κ1) is 26.2. The third-order valence-corrected chi connectivity index (χ3v) is 5.46. The van der Waals surface area contributed by atoms with Gasteiger partial charge in [0, 0.05) is 0 Å². The van der Waals surface area contributed by atoms with E-state index in [0.29, 0.717) is 11.4 Å². The number of carbonyl (C=O) groups excluding carboxylic acids is 2. The SMILES string of the molecule is COc1ccc(CC(=O)N/N=C(/C)c2ccc(/C(C)=N/NC(=O)Cc3ccc(OC)cc3)cc2)cc1. The fourth-order valence-electron chi connectivity index (χ4n) is 3.31. The highest BCUT2D eigenvalue weighted by molar-refractivity contribution is 6.02. The minimum atomic E-state index is -0.204. The van der Waals surface area contributed by atoms with Crippen molar-refractivity contribution in [2.75, 3.05) is 14.2 Å². The number of carbonyl (C=O) groups is 2. The number of nitrogens with zero attached hydrogens (tertiary/aromatic N) is 2. The lowest BCUT2D eigenvalue weighted by Gasteiger charge is -2.06. The quantitative estimate of drug-likeness (QED) is 0.336. The Labute approximate surface area is 211 Å². The Hall–Kier alpha value is -4.46. The zero-order valence-corrected chi connectivity index (χ0v) is 20.9. The first-order valence-corrected chi connectivity index (χ1v) is 11.4. The summed E-state index contributed by atoms with van der Waals surface area (Å²) in [4.78, 5) is 24.4. The highest BCUT2D eigenvalue weighted by Crippen LogP contribution is 2.13. The molecule has 0 fully saturated rings. The summed E-state index contributed by atoms with van der Waals surface area (Å²) in [6.07, 6.45) is 0.444. The molecular weight excluding hydrogens is 456 g/mol. The smallest absolute Gasteiger partial charge is 0.244 e. The van der Waals surface area contributed by atoms with Crippen LogP contribution >= 0.6 is 0 Å². The van der Waals surface area contributed by atoms with E-state index in [-0.39, 0.29) is 24.7 Å². The predicted octanol–water partition coefficient (Wildman–Crippen LogP) is 3.87. The molecule has 8 nitrogen and oxygen atoms in total. The molecule has 0 saturated heterocycles. The van der Waals surface area contributed by atoms with Crippen molar-refractivity contribution in [3.63, 3.8) is 0 Å². The minimum Gasteiger partial charge on any atom is -0.497 e. The molecule has 0 unspecified atom stereocenters. The molecule has 0 aromatic heterocycles. The molecule has 3 aromatic carbocycles. The summed E-state index contributed by atoms with van der Waals surface area (Å²) in [6.45, 7) is 3.64. The molecule has 3 rings (SSSR count). The number of hydrogen-bond donors (Lipinski definition) is 2. The van der Waals surface area contributed by atoms with Crippen LogP contribution in [-0.2, 0) is 22.4 Å². The summed E-state index contributed by atoms with van der Waals surface area (Å²) in [6, 6.07) is 22.2. The molecule has 2 N–H and O–H groups in total. The number of hydrazone groups is 2. The van der Waals surface area contributed by atoms with Crippen molar-refractivity contribution in [3.8, 4) is 11.5 Å². The van der Waals surface area contributed by atoms with Crippen LogP contribution < -0.4 is 20.3 Å². The summed E-state index contributed by atoms with van der Waals surface area (Å²) >= 11 is 0. The van der Waals surface area contributed by atoms with E-state index >= 15 is 0 Å². The topological polar surface area (TPSA) is 101 Å². The Kier molecular flexibility index (Phi) is 9.33. The van der Waals surface area contributed by atoms with Gasteiger partial charge in [0.2, 0.25) is 11.8 Å². The van der Waals surface area contributed by atoms with Gasteiger partial charge in [-0.15, -0.1) is 0 Å². The van der Waals surface area contributed by atoms with Gasteiger partial charge >= 0.3 is 0 Å². The third-order valence-electron chi connectivity index (χ3n) is 5.46. The van der Waals surface area contributed by atoms with Gasteiger partial charge in [-0.3, -0.25) is 9.59 Å². The average Bonchev–Trinajstić information content (AvgIpc) is 2.91. The maximum atomic E-state index is 12.2. The Morgan fingerprint density at radius 1 is 0.611 bits per heavy atom. The van der Waals surface area contributed by atoms with Crippen LogP contribution in [0.2, 0.25) is 0 Å². The molecule has 2 amide bonds. The lowest BCUT2D eigenvalue weighted by atomic mass is 10.1. The van der Waals surface area contributed by atoms with Gasteiger partial charge in [0.05, 0.1) is 38.5 Å². The maximum Gasteiger partial charge on any atom is 0.244 e. The number of methoxy groups -OCH3 is 2. The van der Waals surface area contributed by atoms with Crippen LogP contribution in [0.5, 0.6) is 11.5 Å². The summed E-state index contributed by atoms with van der Waals surface area (Å²) < 4.78 is 10.3. The monoisotopic (exact) mass is 486 g/mol. The molecule has 0 heterocycles. The first-order chi connectivity index (χ1) is 17.4. The van der Waals surface area contributed by atoms with Crippen molar-refractivity contribution >= 4 is 23.2 Å². The minimum absolute atomic E-state index is 0.204. The maximum absolute atomic E-state index is 12.2. The van der Waals surface area contributed by atoms with E-state index in [0.717, 1.165) is 33.8 Å². The zero-order chi connectivity index (χ0) is 25.9. The highest BCUT2D eigenvalue weighted by atomic mass is 16.5. The lowest BCUT2D eigenvalue weighted by molar-refractivity contribution is -0.121. The van der Waals surface area contributed by atoms with E-state index in [1.165, 1.54) is 0 Å². The number of benzene rings is 3. The summed E-state index contributed by atoms with van der Waals surface area (Å²) in [5, 5.41) is 8.41. The third kappa shape index (κ3) is 7.80. The van der Waals surface area contributed by atoms with Crippen molar-refractivity contribution in [2.45, 2.75) is 26.7 Å². The Bertz CT molecular complexity index is 1130. The molecule has 0 spiro atoms. The van der Waals surface area contributed by atoms with E-state index in [1.54, 1.807) is 14.2 Å². The van der Waals surface area contributed by atoms with E-state index < -0.39 is 0 Å². The number of nitrogens with one attached hydrogen (secondary N) is 2. The Balaban J connectivity index is 1.51. The van der Waals surface area contributed by atoms with Gasteiger partial charge in [-0.25, -0.2) is 10.9 Å². The predicted molar refractivity (Wildman–Crippen MR) is 141 cm³/mol. The fourth-order valence-corrected chi connectivity index (χ4v) is 3.31. The second-order valence-corrected chi connectivity index (χ2v) is 8.09. The van der Waals surface area contributed by atoms with Gasteiger partial charge < -0.3 is 9.47 Å². The van der Waals surface area contributed by atoms with E-state index in [1.807, 2.05) is 86.6 Å². The van der Waals surface area contributed by atoms with Gasteiger partial charge in [-0.1, -0.05) is 48.5 Å². The summed E-state index contributed by atoms with van der Waals surface area (Å²) in [5.74, 6) is 1.08. The second kappa shape index (κ2) is 12.9. The molecule has 0 radical (unpaired) electrons. The molecule has 0 aliphatic heterocycles.